The van der Waals surface area contributed by atoms with Gasteiger partial charge in [-0.3, -0.25) is 4.79 Å². The normalized spacial score (nSPS) is 17.5. The van der Waals surface area contributed by atoms with Crippen molar-refractivity contribution in [3.63, 3.8) is 0 Å². The highest BCUT2D eigenvalue weighted by Crippen LogP contribution is 2.27. The molecular formula is C11H22N2OS. The molecule has 0 aromatic heterocycles. The van der Waals surface area contributed by atoms with E-state index in [0.29, 0.717) is 11.8 Å². The maximum Gasteiger partial charge on any atom is 0.232 e. The van der Waals surface area contributed by atoms with Crippen molar-refractivity contribution in [2.45, 2.75) is 45.2 Å². The molecular weight excluding hydrogens is 208 g/mol. The number of carbonyl (C=O) groups excluding carboxylic acids is 1. The van der Waals surface area contributed by atoms with Crippen LogP contribution in [0.4, 0.5) is 0 Å². The molecule has 4 heteroatoms. The summed E-state index contributed by atoms with van der Waals surface area (Å²) in [4.78, 5) is 13.8. The number of thioether (sulfide) groups is 1. The van der Waals surface area contributed by atoms with Crippen LogP contribution in [0.25, 0.3) is 0 Å². The zero-order chi connectivity index (χ0) is 11.3. The number of nitrogens with zero attached hydrogens (tertiary/aromatic N) is 1. The van der Waals surface area contributed by atoms with Gasteiger partial charge in [0.1, 0.15) is 0 Å². The van der Waals surface area contributed by atoms with E-state index in [2.05, 4.69) is 13.8 Å². The number of carbonyl (C=O) groups is 1. The fourth-order valence-electron chi connectivity index (χ4n) is 1.52. The Balaban J connectivity index is 2.16. The minimum atomic E-state index is 0.235. The van der Waals surface area contributed by atoms with Crippen LogP contribution in [0, 0.1) is 0 Å². The van der Waals surface area contributed by atoms with Crippen molar-refractivity contribution in [3.8, 4) is 0 Å². The third kappa shape index (κ3) is 4.43. The summed E-state index contributed by atoms with van der Waals surface area (Å²) in [5, 5.41) is 0. The van der Waals surface area contributed by atoms with E-state index in [9.17, 15) is 4.79 Å². The summed E-state index contributed by atoms with van der Waals surface area (Å²) >= 11 is 1.67. The Labute approximate surface area is 96.8 Å². The summed E-state index contributed by atoms with van der Waals surface area (Å²) in [6, 6.07) is 0.779. The molecule has 0 saturated heterocycles. The van der Waals surface area contributed by atoms with E-state index in [-0.39, 0.29) is 11.9 Å². The molecule has 1 fully saturated rings. The summed E-state index contributed by atoms with van der Waals surface area (Å²) in [5.74, 6) is 1.77. The maximum absolute atomic E-state index is 11.8. The largest absolute Gasteiger partial charge is 0.339 e. The van der Waals surface area contributed by atoms with Crippen molar-refractivity contribution in [1.82, 2.24) is 4.90 Å². The molecule has 0 heterocycles. The topological polar surface area (TPSA) is 46.3 Å². The van der Waals surface area contributed by atoms with E-state index < -0.39 is 0 Å². The van der Waals surface area contributed by atoms with Gasteiger partial charge in [0.2, 0.25) is 5.91 Å². The van der Waals surface area contributed by atoms with Gasteiger partial charge in [-0.25, -0.2) is 0 Å². The number of rotatable bonds is 7. The fourth-order valence-corrected chi connectivity index (χ4v) is 2.52. The molecule has 1 saturated carbocycles. The summed E-state index contributed by atoms with van der Waals surface area (Å²) in [5.41, 5.74) is 5.79. The summed E-state index contributed by atoms with van der Waals surface area (Å²) in [6.45, 7) is 4.98. The van der Waals surface area contributed by atoms with Gasteiger partial charge in [-0.2, -0.15) is 11.8 Å². The average molecular weight is 230 g/mol. The number of hydrogen-bond acceptors (Lipinski definition) is 3. The van der Waals surface area contributed by atoms with Gasteiger partial charge < -0.3 is 10.6 Å². The molecule has 0 bridgehead atoms. The van der Waals surface area contributed by atoms with Crippen LogP contribution in [0.3, 0.4) is 0 Å². The second-order valence-electron chi connectivity index (χ2n) is 4.09. The molecule has 0 spiro atoms. The average Bonchev–Trinajstić information content (AvgIpc) is 3.03. The van der Waals surface area contributed by atoms with E-state index in [4.69, 9.17) is 5.73 Å². The van der Waals surface area contributed by atoms with E-state index in [0.717, 1.165) is 18.7 Å². The van der Waals surface area contributed by atoms with E-state index in [1.54, 1.807) is 11.8 Å². The zero-order valence-electron chi connectivity index (χ0n) is 9.74. The SMILES string of the molecule is CCC(N)CSCC(=O)N(CC)C1CC1. The first-order valence-electron chi connectivity index (χ1n) is 5.81. The molecule has 0 aliphatic heterocycles. The number of amides is 1. The Morgan fingerprint density at radius 3 is 2.67 bits per heavy atom. The van der Waals surface area contributed by atoms with Crippen molar-refractivity contribution in [1.29, 1.82) is 0 Å². The third-order valence-corrected chi connectivity index (χ3v) is 3.85. The first-order chi connectivity index (χ1) is 7.19. The predicted molar refractivity (Wildman–Crippen MR) is 66.0 cm³/mol. The number of hydrogen-bond donors (Lipinski definition) is 1. The smallest absolute Gasteiger partial charge is 0.232 e. The van der Waals surface area contributed by atoms with Gasteiger partial charge >= 0.3 is 0 Å². The molecule has 88 valence electrons. The quantitative estimate of drug-likeness (QED) is 0.720. The first-order valence-corrected chi connectivity index (χ1v) is 6.97. The molecule has 2 N–H and O–H groups in total. The molecule has 0 radical (unpaired) electrons. The second kappa shape index (κ2) is 6.38. The lowest BCUT2D eigenvalue weighted by Crippen LogP contribution is -2.34. The van der Waals surface area contributed by atoms with Gasteiger partial charge in [0.25, 0.3) is 0 Å². The fraction of sp³-hybridized carbons (Fsp3) is 0.909. The van der Waals surface area contributed by atoms with Gasteiger partial charge in [0.15, 0.2) is 0 Å². The van der Waals surface area contributed by atoms with Gasteiger partial charge in [-0.1, -0.05) is 6.92 Å². The van der Waals surface area contributed by atoms with E-state index >= 15 is 0 Å². The Morgan fingerprint density at radius 1 is 1.53 bits per heavy atom. The molecule has 1 aliphatic carbocycles. The molecule has 1 rings (SSSR count). The highest BCUT2D eigenvalue weighted by atomic mass is 32.2. The van der Waals surface area contributed by atoms with Crippen LogP contribution < -0.4 is 5.73 Å². The summed E-state index contributed by atoms with van der Waals surface area (Å²) in [6.07, 6.45) is 3.37. The van der Waals surface area contributed by atoms with Gasteiger partial charge in [0.05, 0.1) is 5.75 Å². The second-order valence-corrected chi connectivity index (χ2v) is 5.12. The monoisotopic (exact) mass is 230 g/mol. The lowest BCUT2D eigenvalue weighted by atomic mass is 10.3. The van der Waals surface area contributed by atoms with Gasteiger partial charge in [0, 0.05) is 24.4 Å². The Kier molecular flexibility index (Phi) is 5.47. The minimum Gasteiger partial charge on any atom is -0.339 e. The Morgan fingerprint density at radius 2 is 2.20 bits per heavy atom. The Hall–Kier alpha value is -0.220. The first kappa shape index (κ1) is 12.8. The van der Waals surface area contributed by atoms with E-state index in [1.807, 2.05) is 4.90 Å². The lowest BCUT2D eigenvalue weighted by Gasteiger charge is -2.20. The summed E-state index contributed by atoms with van der Waals surface area (Å²) in [7, 11) is 0. The zero-order valence-corrected chi connectivity index (χ0v) is 10.6. The van der Waals surface area contributed by atoms with E-state index in [1.165, 1.54) is 12.8 Å². The van der Waals surface area contributed by atoms with Crippen molar-refractivity contribution in [3.05, 3.63) is 0 Å². The molecule has 3 nitrogen and oxygen atoms in total. The molecule has 1 amide bonds. The molecule has 15 heavy (non-hydrogen) atoms. The number of nitrogens with two attached hydrogens (primary N) is 1. The van der Waals surface area contributed by atoms with Gasteiger partial charge in [-0.05, 0) is 26.2 Å². The molecule has 1 aliphatic rings. The highest BCUT2D eigenvalue weighted by Gasteiger charge is 2.30. The van der Waals surface area contributed by atoms with Crippen molar-refractivity contribution < 1.29 is 4.79 Å². The van der Waals surface area contributed by atoms with Gasteiger partial charge in [-0.15, -0.1) is 0 Å². The van der Waals surface area contributed by atoms with Crippen molar-refractivity contribution >= 4 is 17.7 Å². The predicted octanol–water partition coefficient (Wildman–Crippen LogP) is 1.47. The van der Waals surface area contributed by atoms with Crippen LogP contribution in [0.1, 0.15) is 33.1 Å². The van der Waals surface area contributed by atoms with Crippen molar-refractivity contribution in [2.24, 2.45) is 5.73 Å². The molecule has 0 aromatic rings. The summed E-state index contributed by atoms with van der Waals surface area (Å²) < 4.78 is 0. The van der Waals surface area contributed by atoms with Crippen molar-refractivity contribution in [2.75, 3.05) is 18.1 Å². The minimum absolute atomic E-state index is 0.235. The van der Waals surface area contributed by atoms with Crippen LogP contribution in [0.15, 0.2) is 0 Å². The van der Waals surface area contributed by atoms with Crippen LogP contribution in [0.2, 0.25) is 0 Å². The molecule has 0 aromatic carbocycles. The highest BCUT2D eigenvalue weighted by molar-refractivity contribution is 7.99. The van der Waals surface area contributed by atoms with Crippen LogP contribution >= 0.6 is 11.8 Å². The van der Waals surface area contributed by atoms with Crippen LogP contribution in [-0.4, -0.2) is 40.9 Å². The molecule has 1 atom stereocenters. The standard InChI is InChI=1S/C11H22N2OS/c1-3-9(12)7-15-8-11(14)13(4-2)10-5-6-10/h9-10H,3-8,12H2,1-2H3. The van der Waals surface area contributed by atoms with Crippen LogP contribution in [-0.2, 0) is 4.79 Å². The maximum atomic E-state index is 11.8. The third-order valence-electron chi connectivity index (χ3n) is 2.73. The molecule has 1 unspecified atom stereocenters. The lowest BCUT2D eigenvalue weighted by molar-refractivity contribution is -0.128. The Bertz CT molecular complexity index is 207. The van der Waals surface area contributed by atoms with Crippen LogP contribution in [0.5, 0.6) is 0 Å².